The molecule has 1 aromatic carbocycles. The van der Waals surface area contributed by atoms with Gasteiger partial charge in [-0.05, 0) is 35.9 Å². The minimum absolute atomic E-state index is 0.218. The molecule has 0 saturated heterocycles. The van der Waals surface area contributed by atoms with Crippen LogP contribution < -0.4 is 0 Å². The normalized spacial score (nSPS) is 11.1. The number of fused-ring (bicyclic) bond motifs is 2. The van der Waals surface area contributed by atoms with Crippen molar-refractivity contribution in [3.63, 3.8) is 0 Å². The van der Waals surface area contributed by atoms with Crippen LogP contribution in [0.5, 0.6) is 0 Å². The van der Waals surface area contributed by atoms with E-state index in [4.69, 9.17) is 10.4 Å². The Morgan fingerprint density at radius 1 is 1.04 bits per heavy atom. The van der Waals surface area contributed by atoms with E-state index in [1.165, 1.54) is 5.56 Å². The van der Waals surface area contributed by atoms with Crippen molar-refractivity contribution < 1.29 is 0 Å². The predicted octanol–water partition coefficient (Wildman–Crippen LogP) is 3.26. The summed E-state index contributed by atoms with van der Waals surface area (Å²) in [5.41, 5.74) is 5.62. The Labute approximate surface area is 160 Å². The van der Waals surface area contributed by atoms with Crippen LogP contribution in [0, 0.1) is 11.3 Å². The molecule has 7 heteroatoms. The summed E-state index contributed by atoms with van der Waals surface area (Å²) >= 11 is 0. The number of nitrogens with zero attached hydrogens (tertiary/aromatic N) is 7. The van der Waals surface area contributed by atoms with Gasteiger partial charge >= 0.3 is 0 Å². The zero-order valence-electron chi connectivity index (χ0n) is 14.9. The van der Waals surface area contributed by atoms with Gasteiger partial charge in [0.05, 0.1) is 35.4 Å². The van der Waals surface area contributed by atoms with Gasteiger partial charge in [-0.3, -0.25) is 9.67 Å². The fourth-order valence-corrected chi connectivity index (χ4v) is 3.29. The van der Waals surface area contributed by atoms with Gasteiger partial charge in [0.1, 0.15) is 6.54 Å². The number of rotatable bonds is 4. The Hall–Kier alpha value is -4.05. The highest BCUT2D eigenvalue weighted by Gasteiger charge is 2.10. The van der Waals surface area contributed by atoms with Crippen molar-refractivity contribution in [1.82, 2.24) is 29.4 Å². The molecular formula is C21H15N7. The molecule has 5 aromatic rings. The number of imidazole rings is 1. The number of hydrogen-bond donors (Lipinski definition) is 0. The van der Waals surface area contributed by atoms with E-state index < -0.39 is 0 Å². The van der Waals surface area contributed by atoms with Crippen LogP contribution in [0.3, 0.4) is 0 Å². The Bertz CT molecular complexity index is 1340. The van der Waals surface area contributed by atoms with Gasteiger partial charge in [0.15, 0.2) is 5.65 Å². The highest BCUT2D eigenvalue weighted by atomic mass is 15.3. The number of hydrogen-bond acceptors (Lipinski definition) is 5. The van der Waals surface area contributed by atoms with Crippen molar-refractivity contribution in [2.75, 3.05) is 0 Å². The molecule has 0 atom stereocenters. The molecule has 0 N–H and O–H groups in total. The SMILES string of the molecule is N#CCn1cc(-c2ccc3ncc(Cc4ccc5ncccc5c4)n3n2)cn1. The molecule has 0 amide bonds. The first kappa shape index (κ1) is 16.1. The van der Waals surface area contributed by atoms with E-state index in [-0.39, 0.29) is 6.54 Å². The molecule has 7 nitrogen and oxygen atoms in total. The quantitative estimate of drug-likeness (QED) is 0.488. The van der Waals surface area contributed by atoms with Crippen molar-refractivity contribution in [2.24, 2.45) is 0 Å². The fraction of sp³-hybridized carbons (Fsp3) is 0.0952. The van der Waals surface area contributed by atoms with Crippen molar-refractivity contribution in [1.29, 1.82) is 5.26 Å². The molecule has 0 bridgehead atoms. The fourth-order valence-electron chi connectivity index (χ4n) is 3.29. The van der Waals surface area contributed by atoms with E-state index in [1.807, 2.05) is 41.2 Å². The third-order valence-corrected chi connectivity index (χ3v) is 4.65. The molecule has 5 rings (SSSR count). The minimum Gasteiger partial charge on any atom is -0.258 e. The van der Waals surface area contributed by atoms with E-state index in [9.17, 15) is 0 Å². The van der Waals surface area contributed by atoms with Gasteiger partial charge in [-0.25, -0.2) is 9.50 Å². The molecule has 4 aromatic heterocycles. The molecule has 0 aliphatic rings. The lowest BCUT2D eigenvalue weighted by Gasteiger charge is -2.05. The highest BCUT2D eigenvalue weighted by Crippen LogP contribution is 2.20. The molecule has 0 aliphatic carbocycles. The zero-order chi connectivity index (χ0) is 18.9. The molecule has 28 heavy (non-hydrogen) atoms. The lowest BCUT2D eigenvalue weighted by Crippen LogP contribution is -2.00. The molecule has 0 radical (unpaired) electrons. The summed E-state index contributed by atoms with van der Waals surface area (Å²) < 4.78 is 3.46. The van der Waals surface area contributed by atoms with Crippen molar-refractivity contribution in [3.05, 3.63) is 78.5 Å². The minimum atomic E-state index is 0.218. The summed E-state index contributed by atoms with van der Waals surface area (Å²) in [6, 6.07) is 16.2. The van der Waals surface area contributed by atoms with Crippen LogP contribution in [0.25, 0.3) is 27.8 Å². The molecule has 0 fully saturated rings. The molecule has 0 saturated carbocycles. The van der Waals surface area contributed by atoms with Gasteiger partial charge in [0.2, 0.25) is 0 Å². The highest BCUT2D eigenvalue weighted by molar-refractivity contribution is 5.79. The lowest BCUT2D eigenvalue weighted by atomic mass is 10.1. The van der Waals surface area contributed by atoms with Crippen LogP contribution in [0.2, 0.25) is 0 Å². The number of benzene rings is 1. The molecule has 0 aliphatic heterocycles. The van der Waals surface area contributed by atoms with Crippen molar-refractivity contribution >= 4 is 16.6 Å². The topological polar surface area (TPSA) is 84.7 Å². The Morgan fingerprint density at radius 2 is 2.00 bits per heavy atom. The number of pyridine rings is 1. The number of aromatic nitrogens is 6. The van der Waals surface area contributed by atoms with Crippen molar-refractivity contribution in [3.8, 4) is 17.3 Å². The predicted molar refractivity (Wildman–Crippen MR) is 104 cm³/mol. The summed E-state index contributed by atoms with van der Waals surface area (Å²) in [4.78, 5) is 8.84. The molecular weight excluding hydrogens is 350 g/mol. The summed E-state index contributed by atoms with van der Waals surface area (Å²) in [6.45, 7) is 0.218. The largest absolute Gasteiger partial charge is 0.258 e. The maximum Gasteiger partial charge on any atom is 0.153 e. The molecule has 0 spiro atoms. The van der Waals surface area contributed by atoms with E-state index in [1.54, 1.807) is 17.1 Å². The van der Waals surface area contributed by atoms with Gasteiger partial charge in [0.25, 0.3) is 0 Å². The average Bonchev–Trinajstić information content (AvgIpc) is 3.35. The van der Waals surface area contributed by atoms with E-state index >= 15 is 0 Å². The van der Waals surface area contributed by atoms with E-state index in [0.29, 0.717) is 0 Å². The summed E-state index contributed by atoms with van der Waals surface area (Å²) in [6.07, 6.45) is 7.92. The van der Waals surface area contributed by atoms with Crippen molar-refractivity contribution in [2.45, 2.75) is 13.0 Å². The van der Waals surface area contributed by atoms with Crippen LogP contribution in [0.4, 0.5) is 0 Å². The first-order valence-corrected chi connectivity index (χ1v) is 8.87. The molecule has 134 valence electrons. The standard InChI is InChI=1S/C21H15N7/c22-7-9-27-14-17(12-25-27)20-5-6-21-24-13-18(28(21)26-20)11-15-3-4-19-16(10-15)2-1-8-23-19/h1-6,8,10,12-14H,9,11H2. The number of nitriles is 1. The molecule has 0 unspecified atom stereocenters. The van der Waals surface area contributed by atoms with Gasteiger partial charge in [-0.1, -0.05) is 12.1 Å². The second-order valence-corrected chi connectivity index (χ2v) is 6.53. The summed E-state index contributed by atoms with van der Waals surface area (Å²) in [5, 5.41) is 18.9. The smallest absolute Gasteiger partial charge is 0.153 e. The van der Waals surface area contributed by atoms with Gasteiger partial charge in [0, 0.05) is 29.8 Å². The van der Waals surface area contributed by atoms with Crippen LogP contribution in [-0.2, 0) is 13.0 Å². The first-order chi connectivity index (χ1) is 13.8. The van der Waals surface area contributed by atoms with Crippen LogP contribution in [0.1, 0.15) is 11.3 Å². The van der Waals surface area contributed by atoms with Gasteiger partial charge in [-0.2, -0.15) is 15.5 Å². The second kappa shape index (κ2) is 6.59. The monoisotopic (exact) mass is 365 g/mol. The maximum absolute atomic E-state index is 8.81. The lowest BCUT2D eigenvalue weighted by molar-refractivity contribution is 0.710. The van der Waals surface area contributed by atoms with Crippen LogP contribution >= 0.6 is 0 Å². The second-order valence-electron chi connectivity index (χ2n) is 6.53. The van der Waals surface area contributed by atoms with Gasteiger partial charge in [-0.15, -0.1) is 0 Å². The van der Waals surface area contributed by atoms with Crippen LogP contribution in [0.15, 0.2) is 67.3 Å². The summed E-state index contributed by atoms with van der Waals surface area (Å²) in [7, 11) is 0. The van der Waals surface area contributed by atoms with Crippen LogP contribution in [-0.4, -0.2) is 29.4 Å². The van der Waals surface area contributed by atoms with E-state index in [0.717, 1.165) is 39.9 Å². The maximum atomic E-state index is 8.81. The van der Waals surface area contributed by atoms with Gasteiger partial charge < -0.3 is 0 Å². The van der Waals surface area contributed by atoms with E-state index in [2.05, 4.69) is 39.3 Å². The Balaban J connectivity index is 1.51. The third kappa shape index (κ3) is 2.87. The molecule has 4 heterocycles. The third-order valence-electron chi connectivity index (χ3n) is 4.65. The average molecular weight is 365 g/mol. The Morgan fingerprint density at radius 3 is 2.93 bits per heavy atom. The Kier molecular flexibility index (Phi) is 3.80. The first-order valence-electron chi connectivity index (χ1n) is 8.87. The zero-order valence-corrected chi connectivity index (χ0v) is 14.9. The summed E-state index contributed by atoms with van der Waals surface area (Å²) in [5.74, 6) is 0.